The second-order valence-corrected chi connectivity index (χ2v) is 3.16. The van der Waals surface area contributed by atoms with Crippen molar-refractivity contribution in [2.24, 2.45) is 0 Å². The van der Waals surface area contributed by atoms with Gasteiger partial charge < -0.3 is 4.98 Å². The molecule has 1 N–H and O–H groups in total. The normalized spacial score (nSPS) is 10.3. The Morgan fingerprint density at radius 3 is 2.85 bits per heavy atom. The first kappa shape index (κ1) is 8.26. The SMILES string of the molecule is Cc1cnc(-c2ncccc2Cl)[nH]1. The average Bonchev–Trinajstić information content (AvgIpc) is 2.53. The number of H-pyrrole nitrogens is 1. The summed E-state index contributed by atoms with van der Waals surface area (Å²) < 4.78 is 0. The molecule has 0 spiro atoms. The number of aromatic nitrogens is 3. The van der Waals surface area contributed by atoms with E-state index in [-0.39, 0.29) is 0 Å². The Hall–Kier alpha value is -1.35. The molecule has 0 amide bonds. The molecule has 2 rings (SSSR count). The van der Waals surface area contributed by atoms with E-state index in [1.165, 1.54) is 0 Å². The molecule has 0 fully saturated rings. The summed E-state index contributed by atoms with van der Waals surface area (Å²) in [4.78, 5) is 11.4. The summed E-state index contributed by atoms with van der Waals surface area (Å²) >= 11 is 5.95. The monoisotopic (exact) mass is 193 g/mol. The maximum absolute atomic E-state index is 5.95. The van der Waals surface area contributed by atoms with Gasteiger partial charge in [0.2, 0.25) is 0 Å². The van der Waals surface area contributed by atoms with Crippen molar-refractivity contribution in [1.82, 2.24) is 15.0 Å². The highest BCUT2D eigenvalue weighted by atomic mass is 35.5. The van der Waals surface area contributed by atoms with Crippen LogP contribution in [0.2, 0.25) is 5.02 Å². The molecule has 0 aliphatic heterocycles. The van der Waals surface area contributed by atoms with Gasteiger partial charge >= 0.3 is 0 Å². The highest BCUT2D eigenvalue weighted by Gasteiger charge is 2.06. The zero-order chi connectivity index (χ0) is 9.26. The minimum absolute atomic E-state index is 0.608. The predicted molar refractivity (Wildman–Crippen MR) is 51.6 cm³/mol. The lowest BCUT2D eigenvalue weighted by molar-refractivity contribution is 1.20. The fraction of sp³-hybridized carbons (Fsp3) is 0.111. The summed E-state index contributed by atoms with van der Waals surface area (Å²) in [6.45, 7) is 1.94. The van der Waals surface area contributed by atoms with Crippen LogP contribution in [0.3, 0.4) is 0 Å². The van der Waals surface area contributed by atoms with E-state index >= 15 is 0 Å². The van der Waals surface area contributed by atoms with Crippen LogP contribution in [0.15, 0.2) is 24.5 Å². The Bertz CT molecular complexity index is 422. The van der Waals surface area contributed by atoms with Gasteiger partial charge in [0.05, 0.1) is 5.02 Å². The molecule has 0 saturated carbocycles. The molecular formula is C9H8ClN3. The van der Waals surface area contributed by atoms with Gasteiger partial charge in [0.15, 0.2) is 5.82 Å². The largest absolute Gasteiger partial charge is 0.341 e. The molecule has 66 valence electrons. The smallest absolute Gasteiger partial charge is 0.157 e. The summed E-state index contributed by atoms with van der Waals surface area (Å²) in [6.07, 6.45) is 3.44. The molecule has 3 nitrogen and oxygen atoms in total. The van der Waals surface area contributed by atoms with E-state index < -0.39 is 0 Å². The van der Waals surface area contributed by atoms with Crippen LogP contribution < -0.4 is 0 Å². The fourth-order valence-corrected chi connectivity index (χ4v) is 1.30. The van der Waals surface area contributed by atoms with E-state index in [0.717, 1.165) is 5.69 Å². The van der Waals surface area contributed by atoms with E-state index in [1.807, 2.05) is 6.92 Å². The summed E-state index contributed by atoms with van der Waals surface area (Å²) in [5.41, 5.74) is 1.69. The standard InChI is InChI=1S/C9H8ClN3/c1-6-5-12-9(13-6)8-7(10)3-2-4-11-8/h2-5H,1H3,(H,12,13). The molecule has 0 saturated heterocycles. The van der Waals surface area contributed by atoms with Gasteiger partial charge in [0.25, 0.3) is 0 Å². The van der Waals surface area contributed by atoms with Gasteiger partial charge in [-0.25, -0.2) is 4.98 Å². The van der Waals surface area contributed by atoms with Crippen molar-refractivity contribution in [2.75, 3.05) is 0 Å². The van der Waals surface area contributed by atoms with E-state index in [0.29, 0.717) is 16.5 Å². The fourth-order valence-electron chi connectivity index (χ4n) is 1.09. The molecule has 0 radical (unpaired) electrons. The Morgan fingerprint density at radius 1 is 1.38 bits per heavy atom. The molecule has 0 aliphatic carbocycles. The third kappa shape index (κ3) is 1.55. The molecule has 0 atom stereocenters. The van der Waals surface area contributed by atoms with Gasteiger partial charge in [-0.2, -0.15) is 0 Å². The van der Waals surface area contributed by atoms with Gasteiger partial charge in [-0.3, -0.25) is 4.98 Å². The van der Waals surface area contributed by atoms with Crippen molar-refractivity contribution in [3.05, 3.63) is 35.2 Å². The summed E-state index contributed by atoms with van der Waals surface area (Å²) in [6, 6.07) is 3.59. The minimum Gasteiger partial charge on any atom is -0.341 e. The van der Waals surface area contributed by atoms with Crippen molar-refractivity contribution in [1.29, 1.82) is 0 Å². The number of imidazole rings is 1. The molecule has 0 aromatic carbocycles. The maximum Gasteiger partial charge on any atom is 0.157 e. The third-order valence-corrected chi connectivity index (χ3v) is 1.99. The average molecular weight is 194 g/mol. The number of pyridine rings is 1. The Labute approximate surface area is 80.8 Å². The molecule has 2 heterocycles. The number of nitrogens with one attached hydrogen (secondary N) is 1. The van der Waals surface area contributed by atoms with E-state index in [9.17, 15) is 0 Å². The van der Waals surface area contributed by atoms with E-state index in [1.54, 1.807) is 24.5 Å². The van der Waals surface area contributed by atoms with Crippen LogP contribution in [0.25, 0.3) is 11.5 Å². The van der Waals surface area contributed by atoms with Crippen LogP contribution in [-0.4, -0.2) is 15.0 Å². The Balaban J connectivity index is 2.52. The lowest BCUT2D eigenvalue weighted by atomic mass is 10.3. The van der Waals surface area contributed by atoms with Gasteiger partial charge in [0, 0.05) is 18.1 Å². The zero-order valence-electron chi connectivity index (χ0n) is 7.08. The first-order chi connectivity index (χ1) is 6.27. The number of halogens is 1. The Kier molecular flexibility index (Phi) is 2.02. The summed E-state index contributed by atoms with van der Waals surface area (Å²) in [7, 11) is 0. The van der Waals surface area contributed by atoms with Crippen LogP contribution in [0.1, 0.15) is 5.69 Å². The molecular weight excluding hydrogens is 186 g/mol. The maximum atomic E-state index is 5.95. The molecule has 0 bridgehead atoms. The van der Waals surface area contributed by atoms with Crippen LogP contribution >= 0.6 is 11.6 Å². The van der Waals surface area contributed by atoms with Crippen molar-refractivity contribution in [3.63, 3.8) is 0 Å². The van der Waals surface area contributed by atoms with Crippen molar-refractivity contribution in [2.45, 2.75) is 6.92 Å². The summed E-state index contributed by atoms with van der Waals surface area (Å²) in [5, 5.41) is 0.608. The topological polar surface area (TPSA) is 41.6 Å². The summed E-state index contributed by atoms with van der Waals surface area (Å²) in [5.74, 6) is 0.711. The van der Waals surface area contributed by atoms with Crippen molar-refractivity contribution in [3.8, 4) is 11.5 Å². The lowest BCUT2D eigenvalue weighted by Gasteiger charge is -1.97. The minimum atomic E-state index is 0.608. The Morgan fingerprint density at radius 2 is 2.23 bits per heavy atom. The van der Waals surface area contributed by atoms with Crippen LogP contribution in [-0.2, 0) is 0 Å². The number of rotatable bonds is 1. The molecule has 2 aromatic rings. The van der Waals surface area contributed by atoms with Crippen LogP contribution in [0.4, 0.5) is 0 Å². The molecule has 2 aromatic heterocycles. The van der Waals surface area contributed by atoms with Crippen molar-refractivity contribution >= 4 is 11.6 Å². The van der Waals surface area contributed by atoms with Gasteiger partial charge in [-0.1, -0.05) is 11.6 Å². The zero-order valence-corrected chi connectivity index (χ0v) is 7.84. The quantitative estimate of drug-likeness (QED) is 0.756. The highest BCUT2D eigenvalue weighted by molar-refractivity contribution is 6.32. The first-order valence-electron chi connectivity index (χ1n) is 3.90. The predicted octanol–water partition coefficient (Wildman–Crippen LogP) is 2.43. The second kappa shape index (κ2) is 3.18. The van der Waals surface area contributed by atoms with Crippen LogP contribution in [0, 0.1) is 6.92 Å². The van der Waals surface area contributed by atoms with Gasteiger partial charge in [0.1, 0.15) is 5.69 Å². The third-order valence-electron chi connectivity index (χ3n) is 1.69. The lowest BCUT2D eigenvalue weighted by Crippen LogP contribution is -1.85. The molecule has 13 heavy (non-hydrogen) atoms. The van der Waals surface area contributed by atoms with Gasteiger partial charge in [-0.15, -0.1) is 0 Å². The van der Waals surface area contributed by atoms with Gasteiger partial charge in [-0.05, 0) is 19.1 Å². The number of aryl methyl sites for hydroxylation is 1. The number of hydrogen-bond acceptors (Lipinski definition) is 2. The second-order valence-electron chi connectivity index (χ2n) is 2.75. The first-order valence-corrected chi connectivity index (χ1v) is 4.27. The number of hydrogen-bond donors (Lipinski definition) is 1. The number of nitrogens with zero attached hydrogens (tertiary/aromatic N) is 2. The highest BCUT2D eigenvalue weighted by Crippen LogP contribution is 2.21. The molecule has 0 unspecified atom stereocenters. The van der Waals surface area contributed by atoms with E-state index in [2.05, 4.69) is 15.0 Å². The number of aromatic amines is 1. The molecule has 0 aliphatic rings. The van der Waals surface area contributed by atoms with Crippen LogP contribution in [0.5, 0.6) is 0 Å². The van der Waals surface area contributed by atoms with Crippen molar-refractivity contribution < 1.29 is 0 Å². The molecule has 4 heteroatoms. The van der Waals surface area contributed by atoms with E-state index in [4.69, 9.17) is 11.6 Å².